The maximum Gasteiger partial charge on any atom is 0.270 e. The van der Waals surface area contributed by atoms with Crippen molar-refractivity contribution in [2.45, 2.75) is 6.04 Å². The Morgan fingerprint density at radius 2 is 2.22 bits per heavy atom. The van der Waals surface area contributed by atoms with Crippen molar-refractivity contribution < 1.29 is 4.79 Å². The van der Waals surface area contributed by atoms with Crippen molar-refractivity contribution in [2.75, 3.05) is 40.3 Å². The molecule has 7 nitrogen and oxygen atoms in total. The fourth-order valence-corrected chi connectivity index (χ4v) is 3.44. The molecule has 1 aliphatic heterocycles. The molecule has 124 valence electrons. The van der Waals surface area contributed by atoms with Gasteiger partial charge < -0.3 is 10.2 Å². The SMILES string of the molecule is CN1CCN(C)C(CNC(=O)c2csc(-c3cnn(C)c3)n2)C1. The summed E-state index contributed by atoms with van der Waals surface area (Å²) in [5.41, 5.74) is 1.41. The Bertz CT molecular complexity index is 681. The number of nitrogens with zero attached hydrogens (tertiary/aromatic N) is 5. The lowest BCUT2D eigenvalue weighted by molar-refractivity contribution is 0.0877. The van der Waals surface area contributed by atoms with Crippen molar-refractivity contribution in [3.05, 3.63) is 23.5 Å². The van der Waals surface area contributed by atoms with Crippen molar-refractivity contribution >= 4 is 17.2 Å². The number of piperazine rings is 1. The molecule has 1 aliphatic rings. The van der Waals surface area contributed by atoms with Crippen LogP contribution in [0.4, 0.5) is 0 Å². The van der Waals surface area contributed by atoms with Gasteiger partial charge in [-0.25, -0.2) is 4.98 Å². The molecule has 3 rings (SSSR count). The minimum absolute atomic E-state index is 0.113. The third-order valence-corrected chi connectivity index (χ3v) is 5.06. The van der Waals surface area contributed by atoms with Crippen LogP contribution in [-0.4, -0.2) is 76.8 Å². The molecule has 0 spiro atoms. The van der Waals surface area contributed by atoms with Gasteiger partial charge in [-0.15, -0.1) is 11.3 Å². The van der Waals surface area contributed by atoms with Crippen LogP contribution in [0.15, 0.2) is 17.8 Å². The van der Waals surface area contributed by atoms with E-state index in [-0.39, 0.29) is 5.91 Å². The van der Waals surface area contributed by atoms with Crippen molar-refractivity contribution in [3.63, 3.8) is 0 Å². The van der Waals surface area contributed by atoms with Gasteiger partial charge in [0.1, 0.15) is 10.7 Å². The number of amides is 1. The van der Waals surface area contributed by atoms with Gasteiger partial charge >= 0.3 is 0 Å². The van der Waals surface area contributed by atoms with Crippen LogP contribution in [0.3, 0.4) is 0 Å². The van der Waals surface area contributed by atoms with Crippen LogP contribution in [-0.2, 0) is 7.05 Å². The molecule has 2 aromatic rings. The molecule has 1 unspecified atom stereocenters. The van der Waals surface area contributed by atoms with E-state index >= 15 is 0 Å². The van der Waals surface area contributed by atoms with Gasteiger partial charge in [0.25, 0.3) is 5.91 Å². The molecular formula is C15H22N6OS. The molecule has 8 heteroatoms. The first-order chi connectivity index (χ1) is 11.0. The lowest BCUT2D eigenvalue weighted by Gasteiger charge is -2.37. The first-order valence-corrected chi connectivity index (χ1v) is 8.52. The minimum Gasteiger partial charge on any atom is -0.349 e. The van der Waals surface area contributed by atoms with Crippen LogP contribution >= 0.6 is 11.3 Å². The predicted octanol–water partition coefficient (Wildman–Crippen LogP) is 0.519. The van der Waals surface area contributed by atoms with Crippen LogP contribution in [0.25, 0.3) is 10.6 Å². The third-order valence-electron chi connectivity index (χ3n) is 4.17. The van der Waals surface area contributed by atoms with Gasteiger partial charge in [-0.2, -0.15) is 5.10 Å². The Morgan fingerprint density at radius 3 is 2.96 bits per heavy atom. The Hall–Kier alpha value is -1.77. The van der Waals surface area contributed by atoms with Crippen LogP contribution in [0.1, 0.15) is 10.5 Å². The molecule has 1 saturated heterocycles. The summed E-state index contributed by atoms with van der Waals surface area (Å²) in [6.07, 6.45) is 3.65. The zero-order valence-corrected chi connectivity index (χ0v) is 14.5. The molecule has 1 fully saturated rings. The van der Waals surface area contributed by atoms with E-state index < -0.39 is 0 Å². The second-order valence-electron chi connectivity index (χ2n) is 6.05. The van der Waals surface area contributed by atoms with Gasteiger partial charge in [0.15, 0.2) is 0 Å². The molecule has 1 atom stereocenters. The highest BCUT2D eigenvalue weighted by Gasteiger charge is 2.23. The second-order valence-corrected chi connectivity index (χ2v) is 6.91. The number of thiazole rings is 1. The molecule has 0 saturated carbocycles. The molecule has 1 amide bonds. The van der Waals surface area contributed by atoms with E-state index in [0.717, 1.165) is 30.2 Å². The highest BCUT2D eigenvalue weighted by molar-refractivity contribution is 7.13. The van der Waals surface area contributed by atoms with E-state index in [9.17, 15) is 4.79 Å². The molecule has 0 aliphatic carbocycles. The zero-order valence-electron chi connectivity index (χ0n) is 13.7. The number of nitrogens with one attached hydrogen (secondary N) is 1. The first-order valence-electron chi connectivity index (χ1n) is 7.64. The molecule has 0 bridgehead atoms. The zero-order chi connectivity index (χ0) is 16.4. The number of carbonyl (C=O) groups excluding carboxylic acids is 1. The van der Waals surface area contributed by atoms with Gasteiger partial charge in [0.05, 0.1) is 6.20 Å². The average Bonchev–Trinajstić information content (AvgIpc) is 3.16. The highest BCUT2D eigenvalue weighted by atomic mass is 32.1. The van der Waals surface area contributed by atoms with E-state index in [2.05, 4.69) is 39.3 Å². The van der Waals surface area contributed by atoms with Crippen LogP contribution in [0, 0.1) is 0 Å². The largest absolute Gasteiger partial charge is 0.349 e. The normalized spacial score (nSPS) is 19.9. The molecule has 3 heterocycles. The fourth-order valence-electron chi connectivity index (χ4n) is 2.67. The van der Waals surface area contributed by atoms with E-state index in [1.54, 1.807) is 16.3 Å². The van der Waals surface area contributed by atoms with E-state index in [1.807, 2.05) is 13.2 Å². The van der Waals surface area contributed by atoms with Crippen molar-refractivity contribution in [1.29, 1.82) is 0 Å². The summed E-state index contributed by atoms with van der Waals surface area (Å²) in [7, 11) is 6.08. The summed E-state index contributed by atoms with van der Waals surface area (Å²) < 4.78 is 1.73. The quantitative estimate of drug-likeness (QED) is 0.883. The number of aryl methyl sites for hydroxylation is 1. The number of carbonyl (C=O) groups is 1. The number of rotatable bonds is 4. The maximum absolute atomic E-state index is 12.3. The van der Waals surface area contributed by atoms with Crippen molar-refractivity contribution in [1.82, 2.24) is 29.9 Å². The van der Waals surface area contributed by atoms with Crippen LogP contribution in [0.5, 0.6) is 0 Å². The summed E-state index contributed by atoms with van der Waals surface area (Å²) in [4.78, 5) is 21.3. The molecule has 0 aromatic carbocycles. The summed E-state index contributed by atoms with van der Waals surface area (Å²) >= 11 is 1.46. The fraction of sp³-hybridized carbons (Fsp3) is 0.533. The van der Waals surface area contributed by atoms with Crippen molar-refractivity contribution in [2.24, 2.45) is 7.05 Å². The first kappa shape index (κ1) is 16.1. The Kier molecular flexibility index (Phi) is 4.74. The van der Waals surface area contributed by atoms with Gasteiger partial charge in [-0.05, 0) is 14.1 Å². The lowest BCUT2D eigenvalue weighted by Crippen LogP contribution is -2.54. The van der Waals surface area contributed by atoms with Crippen LogP contribution in [0.2, 0.25) is 0 Å². The highest BCUT2D eigenvalue weighted by Crippen LogP contribution is 2.22. The summed E-state index contributed by atoms with van der Waals surface area (Å²) in [6.45, 7) is 3.70. The van der Waals surface area contributed by atoms with Gasteiger partial charge in [0.2, 0.25) is 0 Å². The summed E-state index contributed by atoms with van der Waals surface area (Å²) in [5.74, 6) is -0.113. The van der Waals surface area contributed by atoms with Crippen molar-refractivity contribution in [3.8, 4) is 10.6 Å². The molecule has 2 aromatic heterocycles. The number of hydrogen-bond acceptors (Lipinski definition) is 6. The number of likely N-dealkylation sites (N-methyl/N-ethyl adjacent to an activating group) is 2. The maximum atomic E-state index is 12.3. The van der Waals surface area contributed by atoms with Gasteiger partial charge in [0, 0.05) is 56.4 Å². The van der Waals surface area contributed by atoms with E-state index in [0.29, 0.717) is 18.3 Å². The van der Waals surface area contributed by atoms with E-state index in [1.165, 1.54) is 11.3 Å². The lowest BCUT2D eigenvalue weighted by atomic mass is 10.2. The van der Waals surface area contributed by atoms with Gasteiger partial charge in [-0.3, -0.25) is 14.4 Å². The van der Waals surface area contributed by atoms with E-state index in [4.69, 9.17) is 0 Å². The monoisotopic (exact) mass is 334 g/mol. The second kappa shape index (κ2) is 6.77. The number of hydrogen-bond donors (Lipinski definition) is 1. The molecule has 1 N–H and O–H groups in total. The number of aromatic nitrogens is 3. The molecular weight excluding hydrogens is 312 g/mol. The Morgan fingerprint density at radius 1 is 1.39 bits per heavy atom. The van der Waals surface area contributed by atoms with Crippen LogP contribution < -0.4 is 5.32 Å². The summed E-state index contributed by atoms with van der Waals surface area (Å²) in [6, 6.07) is 0.342. The summed E-state index contributed by atoms with van der Waals surface area (Å²) in [5, 5.41) is 9.76. The Balaban J connectivity index is 1.59. The molecule has 23 heavy (non-hydrogen) atoms. The average molecular weight is 334 g/mol. The third kappa shape index (κ3) is 3.77. The molecule has 0 radical (unpaired) electrons. The van der Waals surface area contributed by atoms with Gasteiger partial charge in [-0.1, -0.05) is 0 Å². The minimum atomic E-state index is -0.113. The predicted molar refractivity (Wildman–Crippen MR) is 90.6 cm³/mol. The topological polar surface area (TPSA) is 66.3 Å². The standard InChI is InChI=1S/C15H22N6OS/c1-19-4-5-20(2)12(9-19)7-16-14(22)13-10-23-15(18-13)11-6-17-21(3)8-11/h6,8,10,12H,4-5,7,9H2,1-3H3,(H,16,22). The smallest absolute Gasteiger partial charge is 0.270 e. The Labute approximate surface area is 139 Å².